The van der Waals surface area contributed by atoms with Crippen LogP contribution in [0.15, 0.2) is 42.5 Å². The van der Waals surface area contributed by atoms with Gasteiger partial charge in [-0.25, -0.2) is 4.39 Å². The quantitative estimate of drug-likeness (QED) is 0.863. The van der Waals surface area contributed by atoms with Crippen molar-refractivity contribution in [1.29, 1.82) is 0 Å². The Labute approximate surface area is 142 Å². The van der Waals surface area contributed by atoms with Crippen LogP contribution in [0.1, 0.15) is 5.56 Å². The summed E-state index contributed by atoms with van der Waals surface area (Å²) in [6.07, 6.45) is -0.00592. The van der Waals surface area contributed by atoms with Crippen molar-refractivity contribution < 1.29 is 14.0 Å². The number of halogens is 3. The molecule has 0 fully saturated rings. The van der Waals surface area contributed by atoms with E-state index in [1.165, 1.54) is 18.2 Å². The van der Waals surface area contributed by atoms with E-state index < -0.39 is 11.7 Å². The molecule has 2 aromatic carbocycles. The van der Waals surface area contributed by atoms with Crippen molar-refractivity contribution in [3.05, 3.63) is 63.9 Å². The third-order valence-electron chi connectivity index (χ3n) is 2.85. The van der Waals surface area contributed by atoms with Crippen LogP contribution in [0.25, 0.3) is 0 Å². The Morgan fingerprint density at radius 3 is 2.35 bits per heavy atom. The van der Waals surface area contributed by atoms with Gasteiger partial charge in [-0.15, -0.1) is 0 Å². The van der Waals surface area contributed by atoms with E-state index in [0.29, 0.717) is 21.3 Å². The molecule has 0 atom stereocenters. The van der Waals surface area contributed by atoms with E-state index in [1.807, 2.05) is 0 Å². The summed E-state index contributed by atoms with van der Waals surface area (Å²) >= 11 is 11.7. The number of hydrogen-bond acceptors (Lipinski definition) is 2. The molecule has 23 heavy (non-hydrogen) atoms. The zero-order valence-corrected chi connectivity index (χ0v) is 13.4. The third-order valence-corrected chi connectivity index (χ3v) is 3.28. The zero-order valence-electron chi connectivity index (χ0n) is 11.9. The Hall–Kier alpha value is -2.11. The fourth-order valence-electron chi connectivity index (χ4n) is 1.90. The number of rotatable bonds is 5. The molecule has 2 rings (SSSR count). The third kappa shape index (κ3) is 5.88. The van der Waals surface area contributed by atoms with Gasteiger partial charge in [0, 0.05) is 15.7 Å². The highest BCUT2D eigenvalue weighted by Crippen LogP contribution is 2.22. The fourth-order valence-corrected chi connectivity index (χ4v) is 2.43. The highest BCUT2D eigenvalue weighted by molar-refractivity contribution is 6.35. The Bertz CT molecular complexity index is 718. The van der Waals surface area contributed by atoms with Crippen molar-refractivity contribution in [1.82, 2.24) is 5.32 Å². The van der Waals surface area contributed by atoms with Gasteiger partial charge in [-0.1, -0.05) is 35.3 Å². The summed E-state index contributed by atoms with van der Waals surface area (Å²) in [7, 11) is 0. The van der Waals surface area contributed by atoms with Crippen LogP contribution in [0.2, 0.25) is 10.0 Å². The summed E-state index contributed by atoms with van der Waals surface area (Å²) in [4.78, 5) is 23.5. The second-order valence-corrected chi connectivity index (χ2v) is 5.66. The van der Waals surface area contributed by atoms with Gasteiger partial charge >= 0.3 is 0 Å². The summed E-state index contributed by atoms with van der Waals surface area (Å²) in [5, 5.41) is 5.81. The molecule has 0 heterocycles. The van der Waals surface area contributed by atoms with Gasteiger partial charge in [0.25, 0.3) is 0 Å². The predicted molar refractivity (Wildman–Crippen MR) is 88.2 cm³/mol. The van der Waals surface area contributed by atoms with Gasteiger partial charge in [-0.05, 0) is 35.9 Å². The lowest BCUT2D eigenvalue weighted by atomic mass is 10.1. The molecular formula is C16H13Cl2FN2O2. The minimum atomic E-state index is -0.420. The number of carbonyl (C=O) groups is 2. The van der Waals surface area contributed by atoms with Crippen molar-refractivity contribution in [2.24, 2.45) is 0 Å². The summed E-state index contributed by atoms with van der Waals surface area (Å²) in [6, 6.07) is 10.3. The van der Waals surface area contributed by atoms with Crippen LogP contribution in [-0.4, -0.2) is 18.4 Å². The molecule has 0 unspecified atom stereocenters. The number of benzene rings is 2. The van der Waals surface area contributed by atoms with Gasteiger partial charge in [-0.3, -0.25) is 9.59 Å². The number of hydrogen-bond donors (Lipinski definition) is 2. The molecule has 0 saturated heterocycles. The van der Waals surface area contributed by atoms with Crippen LogP contribution in [0.3, 0.4) is 0 Å². The maximum Gasteiger partial charge on any atom is 0.243 e. The molecule has 0 spiro atoms. The Balaban J connectivity index is 1.83. The molecule has 7 heteroatoms. The van der Waals surface area contributed by atoms with E-state index in [1.54, 1.807) is 24.3 Å². The van der Waals surface area contributed by atoms with Crippen molar-refractivity contribution >= 4 is 40.7 Å². The van der Waals surface area contributed by atoms with Gasteiger partial charge in [-0.2, -0.15) is 0 Å². The minimum Gasteiger partial charge on any atom is -0.347 e. The van der Waals surface area contributed by atoms with Crippen LogP contribution in [0.5, 0.6) is 0 Å². The number of anilines is 1. The minimum absolute atomic E-state index is 0.00592. The van der Waals surface area contributed by atoms with E-state index >= 15 is 0 Å². The predicted octanol–water partition coefficient (Wildman–Crippen LogP) is 3.43. The molecule has 0 aromatic heterocycles. The zero-order chi connectivity index (χ0) is 16.8. The molecule has 0 aliphatic heterocycles. The van der Waals surface area contributed by atoms with Gasteiger partial charge in [0.05, 0.1) is 13.0 Å². The first kappa shape index (κ1) is 17.2. The Kier molecular flexibility index (Phi) is 5.96. The van der Waals surface area contributed by atoms with Crippen molar-refractivity contribution in [3.8, 4) is 0 Å². The van der Waals surface area contributed by atoms with Gasteiger partial charge in [0.1, 0.15) is 5.82 Å². The van der Waals surface area contributed by atoms with E-state index in [9.17, 15) is 14.0 Å². The molecule has 2 amide bonds. The highest BCUT2D eigenvalue weighted by atomic mass is 35.5. The molecule has 0 aliphatic carbocycles. The second-order valence-electron chi connectivity index (χ2n) is 4.79. The lowest BCUT2D eigenvalue weighted by molar-refractivity contribution is -0.123. The van der Waals surface area contributed by atoms with Crippen LogP contribution < -0.4 is 10.6 Å². The van der Waals surface area contributed by atoms with Gasteiger partial charge < -0.3 is 10.6 Å². The number of carbonyl (C=O) groups excluding carboxylic acids is 2. The van der Waals surface area contributed by atoms with Crippen LogP contribution in [0.4, 0.5) is 10.1 Å². The summed E-state index contributed by atoms with van der Waals surface area (Å²) in [5.74, 6) is -1.21. The van der Waals surface area contributed by atoms with Crippen molar-refractivity contribution in [2.45, 2.75) is 6.42 Å². The van der Waals surface area contributed by atoms with Crippen LogP contribution >= 0.6 is 23.2 Å². The van der Waals surface area contributed by atoms with E-state index in [2.05, 4.69) is 10.6 Å². The van der Waals surface area contributed by atoms with E-state index in [4.69, 9.17) is 23.2 Å². The molecule has 0 radical (unpaired) electrons. The van der Waals surface area contributed by atoms with Gasteiger partial charge in [0.2, 0.25) is 11.8 Å². The van der Waals surface area contributed by atoms with E-state index in [-0.39, 0.29) is 18.9 Å². The molecule has 0 saturated carbocycles. The smallest absolute Gasteiger partial charge is 0.243 e. The largest absolute Gasteiger partial charge is 0.347 e. The molecule has 4 nitrogen and oxygen atoms in total. The normalized spacial score (nSPS) is 10.2. The lowest BCUT2D eigenvalue weighted by Gasteiger charge is -2.08. The molecule has 0 bridgehead atoms. The molecule has 2 N–H and O–H groups in total. The standard InChI is InChI=1S/C16H13Cl2FN2O2/c17-11-6-12(18)8-14(7-11)21-16(23)9-20-15(22)5-10-2-1-3-13(19)4-10/h1-4,6-8H,5,9H2,(H,20,22)(H,21,23). The average Bonchev–Trinajstić information content (AvgIpc) is 2.44. The topological polar surface area (TPSA) is 58.2 Å². The van der Waals surface area contributed by atoms with Crippen molar-refractivity contribution in [2.75, 3.05) is 11.9 Å². The van der Waals surface area contributed by atoms with Crippen LogP contribution in [-0.2, 0) is 16.0 Å². The number of amides is 2. The molecule has 2 aromatic rings. The summed E-state index contributed by atoms with van der Waals surface area (Å²) in [6.45, 7) is -0.210. The highest BCUT2D eigenvalue weighted by Gasteiger charge is 2.08. The lowest BCUT2D eigenvalue weighted by Crippen LogP contribution is -2.33. The first-order valence-electron chi connectivity index (χ1n) is 6.69. The number of nitrogens with one attached hydrogen (secondary N) is 2. The van der Waals surface area contributed by atoms with E-state index in [0.717, 1.165) is 0 Å². The molecule has 0 aliphatic rings. The fraction of sp³-hybridized carbons (Fsp3) is 0.125. The Morgan fingerprint density at radius 2 is 1.70 bits per heavy atom. The summed E-state index contributed by atoms with van der Waals surface area (Å²) in [5.41, 5.74) is 0.969. The van der Waals surface area contributed by atoms with Crippen molar-refractivity contribution in [3.63, 3.8) is 0 Å². The first-order valence-corrected chi connectivity index (χ1v) is 7.45. The SMILES string of the molecule is O=C(Cc1cccc(F)c1)NCC(=O)Nc1cc(Cl)cc(Cl)c1. The first-order chi connectivity index (χ1) is 10.9. The average molecular weight is 355 g/mol. The summed E-state index contributed by atoms with van der Waals surface area (Å²) < 4.78 is 13.0. The van der Waals surface area contributed by atoms with Gasteiger partial charge in [0.15, 0.2) is 0 Å². The maximum atomic E-state index is 13.0. The molecular weight excluding hydrogens is 342 g/mol. The van der Waals surface area contributed by atoms with Crippen LogP contribution in [0, 0.1) is 5.82 Å². The molecule has 120 valence electrons. The second kappa shape index (κ2) is 7.94. The maximum absolute atomic E-state index is 13.0. The monoisotopic (exact) mass is 354 g/mol. The Morgan fingerprint density at radius 1 is 1.00 bits per heavy atom.